The number of nitrogens with one attached hydrogen (secondary N) is 1. The number of hydrogen-bond acceptors (Lipinski definition) is 3. The maximum absolute atomic E-state index is 11.9. The van der Waals surface area contributed by atoms with Crippen molar-refractivity contribution in [2.45, 2.75) is 26.8 Å². The summed E-state index contributed by atoms with van der Waals surface area (Å²) in [5, 5.41) is 2.77. The number of carbonyl (C=O) groups excluding carboxylic acids is 2. The SMILES string of the molecule is Cc1cc(NC(=O)[C@@H](N)C(C)C)ccc1C(=O)N(C)C. The minimum Gasteiger partial charge on any atom is -0.345 e. The van der Waals surface area contributed by atoms with Crippen molar-refractivity contribution in [3.05, 3.63) is 29.3 Å². The molecule has 110 valence electrons. The molecular formula is C15H23N3O2. The minimum absolute atomic E-state index is 0.0562. The Kier molecular flexibility index (Phi) is 5.27. The van der Waals surface area contributed by atoms with Gasteiger partial charge in [-0.1, -0.05) is 13.8 Å². The summed E-state index contributed by atoms with van der Waals surface area (Å²) in [4.78, 5) is 25.3. The number of aryl methyl sites for hydroxylation is 1. The van der Waals surface area contributed by atoms with Gasteiger partial charge in [0.15, 0.2) is 0 Å². The minimum atomic E-state index is -0.543. The molecule has 1 aromatic rings. The quantitative estimate of drug-likeness (QED) is 0.878. The van der Waals surface area contributed by atoms with Crippen molar-refractivity contribution in [1.82, 2.24) is 4.90 Å². The fraction of sp³-hybridized carbons (Fsp3) is 0.467. The van der Waals surface area contributed by atoms with Crippen LogP contribution in [0.3, 0.4) is 0 Å². The normalized spacial score (nSPS) is 12.2. The molecule has 0 aliphatic heterocycles. The van der Waals surface area contributed by atoms with E-state index < -0.39 is 6.04 Å². The maximum Gasteiger partial charge on any atom is 0.253 e. The third-order valence-corrected chi connectivity index (χ3v) is 3.15. The van der Waals surface area contributed by atoms with Crippen LogP contribution >= 0.6 is 0 Å². The zero-order valence-electron chi connectivity index (χ0n) is 12.7. The van der Waals surface area contributed by atoms with Gasteiger partial charge in [-0.2, -0.15) is 0 Å². The van der Waals surface area contributed by atoms with Gasteiger partial charge in [-0.3, -0.25) is 9.59 Å². The van der Waals surface area contributed by atoms with Crippen LogP contribution in [0.2, 0.25) is 0 Å². The summed E-state index contributed by atoms with van der Waals surface area (Å²) in [5.74, 6) is -0.198. The highest BCUT2D eigenvalue weighted by Gasteiger charge is 2.18. The van der Waals surface area contributed by atoms with Gasteiger partial charge in [-0.15, -0.1) is 0 Å². The van der Waals surface area contributed by atoms with Crippen molar-refractivity contribution in [3.8, 4) is 0 Å². The summed E-state index contributed by atoms with van der Waals surface area (Å²) < 4.78 is 0. The van der Waals surface area contributed by atoms with Crippen LogP contribution < -0.4 is 11.1 Å². The molecule has 5 nitrogen and oxygen atoms in total. The number of nitrogens with two attached hydrogens (primary N) is 1. The van der Waals surface area contributed by atoms with E-state index in [1.54, 1.807) is 32.3 Å². The van der Waals surface area contributed by atoms with Crippen LogP contribution in [0.4, 0.5) is 5.69 Å². The van der Waals surface area contributed by atoms with Crippen molar-refractivity contribution >= 4 is 17.5 Å². The third kappa shape index (κ3) is 3.81. The summed E-state index contributed by atoms with van der Waals surface area (Å²) in [7, 11) is 3.41. The van der Waals surface area contributed by atoms with E-state index in [2.05, 4.69) is 5.32 Å². The summed E-state index contributed by atoms with van der Waals surface area (Å²) >= 11 is 0. The highest BCUT2D eigenvalue weighted by Crippen LogP contribution is 2.17. The van der Waals surface area contributed by atoms with E-state index in [1.165, 1.54) is 4.90 Å². The smallest absolute Gasteiger partial charge is 0.253 e. The zero-order valence-corrected chi connectivity index (χ0v) is 12.7. The van der Waals surface area contributed by atoms with Crippen LogP contribution in [0.15, 0.2) is 18.2 Å². The zero-order chi connectivity index (χ0) is 15.4. The molecule has 5 heteroatoms. The van der Waals surface area contributed by atoms with Crippen LogP contribution in [-0.4, -0.2) is 36.9 Å². The Bertz CT molecular complexity index is 510. The van der Waals surface area contributed by atoms with Crippen LogP contribution in [0.25, 0.3) is 0 Å². The summed E-state index contributed by atoms with van der Waals surface area (Å²) in [6.45, 7) is 5.64. The second kappa shape index (κ2) is 6.52. The molecule has 0 saturated carbocycles. The number of anilines is 1. The molecule has 0 aliphatic rings. The van der Waals surface area contributed by atoms with E-state index in [0.29, 0.717) is 11.3 Å². The molecule has 0 aliphatic carbocycles. The maximum atomic E-state index is 11.9. The molecule has 20 heavy (non-hydrogen) atoms. The Labute approximate surface area is 120 Å². The van der Waals surface area contributed by atoms with Gasteiger partial charge in [0, 0.05) is 25.3 Å². The second-order valence-corrected chi connectivity index (χ2v) is 5.49. The first kappa shape index (κ1) is 16.2. The van der Waals surface area contributed by atoms with Crippen LogP contribution in [-0.2, 0) is 4.79 Å². The number of nitrogens with zero attached hydrogens (tertiary/aromatic N) is 1. The molecule has 0 fully saturated rings. The largest absolute Gasteiger partial charge is 0.345 e. The van der Waals surface area contributed by atoms with Crippen molar-refractivity contribution in [2.75, 3.05) is 19.4 Å². The monoisotopic (exact) mass is 277 g/mol. The third-order valence-electron chi connectivity index (χ3n) is 3.15. The average molecular weight is 277 g/mol. The molecule has 0 aromatic heterocycles. The summed E-state index contributed by atoms with van der Waals surface area (Å²) in [6, 6.07) is 4.67. The van der Waals surface area contributed by atoms with Gasteiger partial charge < -0.3 is 16.0 Å². The fourth-order valence-electron chi connectivity index (χ4n) is 1.75. The number of hydrogen-bond donors (Lipinski definition) is 2. The standard InChI is InChI=1S/C15H23N3O2/c1-9(2)13(16)14(19)17-11-6-7-12(10(3)8-11)15(20)18(4)5/h6-9,13H,16H2,1-5H3,(H,17,19)/t13-/m0/s1. The molecular weight excluding hydrogens is 254 g/mol. The second-order valence-electron chi connectivity index (χ2n) is 5.49. The molecule has 1 atom stereocenters. The Morgan fingerprint density at radius 3 is 2.30 bits per heavy atom. The molecule has 2 amide bonds. The van der Waals surface area contributed by atoms with Gasteiger partial charge in [-0.05, 0) is 36.6 Å². The molecule has 3 N–H and O–H groups in total. The Morgan fingerprint density at radius 1 is 1.25 bits per heavy atom. The van der Waals surface area contributed by atoms with Crippen molar-refractivity contribution in [2.24, 2.45) is 11.7 Å². The molecule has 0 bridgehead atoms. The highest BCUT2D eigenvalue weighted by atomic mass is 16.2. The molecule has 0 radical (unpaired) electrons. The van der Waals surface area contributed by atoms with Gasteiger partial charge in [-0.25, -0.2) is 0 Å². The predicted octanol–water partition coefficient (Wildman–Crippen LogP) is 1.62. The lowest BCUT2D eigenvalue weighted by atomic mass is 10.0. The van der Waals surface area contributed by atoms with Gasteiger partial charge >= 0.3 is 0 Å². The number of carbonyl (C=O) groups is 2. The number of rotatable bonds is 4. The van der Waals surface area contributed by atoms with E-state index in [1.807, 2.05) is 20.8 Å². The van der Waals surface area contributed by atoms with Crippen molar-refractivity contribution in [3.63, 3.8) is 0 Å². The van der Waals surface area contributed by atoms with Gasteiger partial charge in [0.1, 0.15) is 0 Å². The van der Waals surface area contributed by atoms with E-state index in [-0.39, 0.29) is 17.7 Å². The van der Waals surface area contributed by atoms with Gasteiger partial charge in [0.05, 0.1) is 6.04 Å². The molecule has 1 aromatic carbocycles. The van der Waals surface area contributed by atoms with Gasteiger partial charge in [0.25, 0.3) is 5.91 Å². The first-order valence-corrected chi connectivity index (χ1v) is 6.62. The highest BCUT2D eigenvalue weighted by molar-refractivity contribution is 5.98. The molecule has 0 spiro atoms. The van der Waals surface area contributed by atoms with E-state index in [0.717, 1.165) is 5.56 Å². The summed E-state index contributed by atoms with van der Waals surface area (Å²) in [6.07, 6.45) is 0. The Morgan fingerprint density at radius 2 is 1.85 bits per heavy atom. The Balaban J connectivity index is 2.88. The topological polar surface area (TPSA) is 75.4 Å². The fourth-order valence-corrected chi connectivity index (χ4v) is 1.75. The average Bonchev–Trinajstić information content (AvgIpc) is 2.36. The lowest BCUT2D eigenvalue weighted by molar-refractivity contribution is -0.118. The predicted molar refractivity (Wildman–Crippen MR) is 80.6 cm³/mol. The molecule has 0 saturated heterocycles. The number of benzene rings is 1. The molecule has 0 heterocycles. The molecule has 0 unspecified atom stereocenters. The van der Waals surface area contributed by atoms with E-state index >= 15 is 0 Å². The van der Waals surface area contributed by atoms with Crippen LogP contribution in [0.5, 0.6) is 0 Å². The van der Waals surface area contributed by atoms with Crippen molar-refractivity contribution < 1.29 is 9.59 Å². The van der Waals surface area contributed by atoms with E-state index in [4.69, 9.17) is 5.73 Å². The lowest BCUT2D eigenvalue weighted by Gasteiger charge is -2.17. The van der Waals surface area contributed by atoms with Crippen LogP contribution in [0.1, 0.15) is 29.8 Å². The van der Waals surface area contributed by atoms with Crippen molar-refractivity contribution in [1.29, 1.82) is 0 Å². The van der Waals surface area contributed by atoms with E-state index in [9.17, 15) is 9.59 Å². The first-order chi connectivity index (χ1) is 9.23. The molecule has 1 rings (SSSR count). The first-order valence-electron chi connectivity index (χ1n) is 6.62. The number of amides is 2. The van der Waals surface area contributed by atoms with Gasteiger partial charge in [0.2, 0.25) is 5.91 Å². The Hall–Kier alpha value is -1.88. The summed E-state index contributed by atoms with van der Waals surface area (Å²) in [5.41, 5.74) is 7.89. The van der Waals surface area contributed by atoms with Crippen LogP contribution in [0, 0.1) is 12.8 Å². The lowest BCUT2D eigenvalue weighted by Crippen LogP contribution is -2.39.